The minimum Gasteiger partial charge on any atom is -0.459 e. The van der Waals surface area contributed by atoms with E-state index in [4.69, 9.17) is 18.9 Å². The molecule has 54 heavy (non-hydrogen) atoms. The predicted octanol–water partition coefficient (Wildman–Crippen LogP) is 6.53. The second-order valence-corrected chi connectivity index (χ2v) is 12.5. The van der Waals surface area contributed by atoms with Crippen LogP contribution in [0.4, 0.5) is 22.0 Å². The highest BCUT2D eigenvalue weighted by Gasteiger charge is 2.38. The number of para-hydroxylation sites is 2. The quantitative estimate of drug-likeness (QED) is 0.126. The van der Waals surface area contributed by atoms with Gasteiger partial charge in [0.1, 0.15) is 30.5 Å². The first kappa shape index (κ1) is 35.6. The Labute approximate surface area is 310 Å². The zero-order chi connectivity index (χ0) is 37.4. The summed E-state index contributed by atoms with van der Waals surface area (Å²) in [7, 11) is 0. The third kappa shape index (κ3) is 8.29. The maximum Gasteiger partial charge on any atom is 0.421 e. The number of hydrogen-bond donors (Lipinski definition) is 2. The van der Waals surface area contributed by atoms with Gasteiger partial charge in [0.05, 0.1) is 34.9 Å². The molecule has 274 valence electrons. The van der Waals surface area contributed by atoms with E-state index in [0.717, 1.165) is 0 Å². The number of esters is 2. The van der Waals surface area contributed by atoms with Gasteiger partial charge in [-0.05, 0) is 48.5 Å². The number of ether oxygens (including phenoxy) is 4. The highest BCUT2D eigenvalue weighted by molar-refractivity contribution is 6.04. The van der Waals surface area contributed by atoms with Gasteiger partial charge in [0.25, 0.3) is 0 Å². The zero-order valence-corrected chi connectivity index (χ0v) is 29.1. The number of amides is 2. The van der Waals surface area contributed by atoms with Gasteiger partial charge in [-0.1, -0.05) is 72.8 Å². The lowest BCUT2D eigenvalue weighted by molar-refractivity contribution is -0.144. The van der Waals surface area contributed by atoms with Crippen LogP contribution in [0.25, 0.3) is 0 Å². The van der Waals surface area contributed by atoms with E-state index in [2.05, 4.69) is 20.6 Å². The summed E-state index contributed by atoms with van der Waals surface area (Å²) < 4.78 is 25.7. The van der Waals surface area contributed by atoms with E-state index in [1.807, 2.05) is 12.1 Å². The molecule has 2 amide bonds. The molecule has 1 fully saturated rings. The molecule has 7 rings (SSSR count). The standard InChI is InChI=1S/C40H36N6O8/c1-26(47)42-39-43-35-34(36(44-39)54-40(50)46(29-18-10-4-11-19-29)30-20-12-5-13-21-30)41-25-45(35)33-23-31(53-38(49)28-16-8-3-9-17-28)22-32(52-33)24-51-37(48)27-14-6-2-7-15-27/h2-21,25,31-33,36H,22-24H2,1H3,(H2,42,43,44,47)/t31-,32+,33-,36?/m1/s1. The number of anilines is 3. The molecule has 0 aliphatic carbocycles. The van der Waals surface area contributed by atoms with Gasteiger partial charge >= 0.3 is 18.0 Å². The molecule has 3 heterocycles. The Morgan fingerprint density at radius 2 is 1.37 bits per heavy atom. The van der Waals surface area contributed by atoms with Gasteiger partial charge in [0, 0.05) is 19.8 Å². The van der Waals surface area contributed by atoms with Crippen molar-refractivity contribution in [2.45, 2.75) is 44.4 Å². The van der Waals surface area contributed by atoms with E-state index in [1.165, 1.54) is 18.2 Å². The SMILES string of the molecule is CC(=O)NC1=NC(OC(=O)N(c2ccccc2)c2ccccc2)c2ncn([C@H]3C[C@H](OC(=O)c4ccccc4)C[C@@H](COC(=O)c4ccccc4)O3)c2N1. The molecule has 0 spiro atoms. The molecule has 1 unspecified atom stereocenters. The van der Waals surface area contributed by atoms with Crippen LogP contribution in [0.5, 0.6) is 0 Å². The van der Waals surface area contributed by atoms with Crippen molar-refractivity contribution in [3.05, 3.63) is 144 Å². The second-order valence-electron chi connectivity index (χ2n) is 12.5. The van der Waals surface area contributed by atoms with Crippen molar-refractivity contribution in [3.63, 3.8) is 0 Å². The molecule has 0 bridgehead atoms. The first-order valence-electron chi connectivity index (χ1n) is 17.3. The molecule has 4 atom stereocenters. The van der Waals surface area contributed by atoms with Crippen molar-refractivity contribution in [2.24, 2.45) is 4.99 Å². The number of aromatic nitrogens is 2. The van der Waals surface area contributed by atoms with Gasteiger partial charge in [0.2, 0.25) is 18.1 Å². The Hall–Kier alpha value is -6.80. The lowest BCUT2D eigenvalue weighted by atomic mass is 10.0. The summed E-state index contributed by atoms with van der Waals surface area (Å²) in [6, 6.07) is 35.2. The Kier molecular flexibility index (Phi) is 10.7. The smallest absolute Gasteiger partial charge is 0.421 e. The second kappa shape index (κ2) is 16.3. The average Bonchev–Trinajstić information content (AvgIpc) is 3.63. The highest BCUT2D eigenvalue weighted by atomic mass is 16.6. The van der Waals surface area contributed by atoms with Crippen molar-refractivity contribution < 1.29 is 38.1 Å². The number of aliphatic imine (C=N–C) groups is 1. The number of benzene rings is 4. The van der Waals surface area contributed by atoms with Crippen LogP contribution in [0.3, 0.4) is 0 Å². The molecular weight excluding hydrogens is 692 g/mol. The van der Waals surface area contributed by atoms with Gasteiger partial charge < -0.3 is 24.3 Å². The number of carbonyl (C=O) groups excluding carboxylic acids is 4. The normalized spacial score (nSPS) is 18.9. The summed E-state index contributed by atoms with van der Waals surface area (Å²) in [4.78, 5) is 62.6. The molecule has 4 aromatic carbocycles. The Morgan fingerprint density at radius 1 is 0.796 bits per heavy atom. The van der Waals surface area contributed by atoms with Crippen molar-refractivity contribution in [1.82, 2.24) is 14.9 Å². The highest BCUT2D eigenvalue weighted by Crippen LogP contribution is 2.38. The van der Waals surface area contributed by atoms with Crippen molar-refractivity contribution in [3.8, 4) is 0 Å². The fourth-order valence-electron chi connectivity index (χ4n) is 6.15. The molecular formula is C40H36N6O8. The Balaban J connectivity index is 1.17. The predicted molar refractivity (Wildman–Crippen MR) is 197 cm³/mol. The third-order valence-corrected chi connectivity index (χ3v) is 8.60. The van der Waals surface area contributed by atoms with Gasteiger partial charge in [-0.15, -0.1) is 0 Å². The fraction of sp³-hybridized carbons (Fsp3) is 0.200. The van der Waals surface area contributed by atoms with E-state index in [0.29, 0.717) is 28.3 Å². The number of rotatable bonds is 9. The Morgan fingerprint density at radius 3 is 1.96 bits per heavy atom. The number of fused-ring (bicyclic) bond motifs is 1. The lowest BCUT2D eigenvalue weighted by Gasteiger charge is -2.36. The van der Waals surface area contributed by atoms with Crippen LogP contribution in [0.1, 0.15) is 58.6 Å². The summed E-state index contributed by atoms with van der Waals surface area (Å²) in [6.07, 6.45) is -2.26. The zero-order valence-electron chi connectivity index (χ0n) is 29.1. The molecule has 2 aliphatic heterocycles. The monoisotopic (exact) mass is 728 g/mol. The molecule has 0 radical (unpaired) electrons. The molecule has 0 saturated carbocycles. The Bertz CT molecular complexity index is 2090. The van der Waals surface area contributed by atoms with Gasteiger partial charge in [0.15, 0.2) is 0 Å². The largest absolute Gasteiger partial charge is 0.459 e. The topological polar surface area (TPSA) is 163 Å². The fourth-order valence-corrected chi connectivity index (χ4v) is 6.15. The maximum atomic E-state index is 14.0. The van der Waals surface area contributed by atoms with Crippen LogP contribution in [-0.4, -0.2) is 58.3 Å². The van der Waals surface area contributed by atoms with Gasteiger partial charge in [-0.2, -0.15) is 0 Å². The lowest BCUT2D eigenvalue weighted by Crippen LogP contribution is -2.41. The molecule has 2 N–H and O–H groups in total. The summed E-state index contributed by atoms with van der Waals surface area (Å²) >= 11 is 0. The summed E-state index contributed by atoms with van der Waals surface area (Å²) in [5, 5.41) is 5.71. The van der Waals surface area contributed by atoms with Crippen LogP contribution < -0.4 is 15.5 Å². The molecule has 5 aromatic rings. The average molecular weight is 729 g/mol. The van der Waals surface area contributed by atoms with E-state index >= 15 is 0 Å². The number of hydrogen-bond acceptors (Lipinski definition) is 11. The summed E-state index contributed by atoms with van der Waals surface area (Å²) in [5.74, 6) is -1.13. The number of guanidine groups is 1. The number of nitrogens with zero attached hydrogens (tertiary/aromatic N) is 4. The number of imidazole rings is 1. The van der Waals surface area contributed by atoms with Crippen molar-refractivity contribution >= 4 is 47.1 Å². The molecule has 1 aromatic heterocycles. The minimum absolute atomic E-state index is 0.0109. The van der Waals surface area contributed by atoms with Gasteiger partial charge in [-0.25, -0.2) is 29.3 Å². The van der Waals surface area contributed by atoms with Crippen molar-refractivity contribution in [2.75, 3.05) is 16.8 Å². The van der Waals surface area contributed by atoms with Crippen LogP contribution >= 0.6 is 0 Å². The molecule has 1 saturated heterocycles. The van der Waals surface area contributed by atoms with Crippen LogP contribution in [0.15, 0.2) is 133 Å². The first-order valence-corrected chi connectivity index (χ1v) is 17.3. The number of nitrogens with one attached hydrogen (secondary N) is 2. The van der Waals surface area contributed by atoms with Crippen LogP contribution in [0.2, 0.25) is 0 Å². The number of carbonyl (C=O) groups is 4. The van der Waals surface area contributed by atoms with Gasteiger partial charge in [-0.3, -0.25) is 14.7 Å². The summed E-state index contributed by atoms with van der Waals surface area (Å²) in [6.45, 7) is 1.20. The van der Waals surface area contributed by atoms with E-state index in [1.54, 1.807) is 114 Å². The molecule has 14 heteroatoms. The third-order valence-electron chi connectivity index (χ3n) is 8.60. The van der Waals surface area contributed by atoms with Crippen LogP contribution in [0, 0.1) is 0 Å². The molecule has 2 aliphatic rings. The van der Waals surface area contributed by atoms with E-state index in [9.17, 15) is 19.2 Å². The maximum absolute atomic E-state index is 14.0. The van der Waals surface area contributed by atoms with Crippen molar-refractivity contribution in [1.29, 1.82) is 0 Å². The first-order chi connectivity index (χ1) is 26.3. The van der Waals surface area contributed by atoms with Crippen LogP contribution in [-0.2, 0) is 23.7 Å². The minimum atomic E-state index is -1.29. The van der Waals surface area contributed by atoms with E-state index < -0.39 is 48.6 Å². The van der Waals surface area contributed by atoms with E-state index in [-0.39, 0.29) is 31.1 Å². The summed E-state index contributed by atoms with van der Waals surface area (Å²) in [5.41, 5.74) is 2.12. The molecule has 14 nitrogen and oxygen atoms in total.